The summed E-state index contributed by atoms with van der Waals surface area (Å²) in [6, 6.07) is 22.0. The number of carbonyl (C=O) groups excluding carboxylic acids is 1. The molecule has 0 aliphatic carbocycles. The van der Waals surface area contributed by atoms with Crippen LogP contribution in [0.3, 0.4) is 0 Å². The highest BCUT2D eigenvalue weighted by Gasteiger charge is 2.17. The van der Waals surface area contributed by atoms with Gasteiger partial charge in [-0.1, -0.05) is 42.5 Å². The fraction of sp³-hybridized carbons (Fsp3) is 0.0870. The van der Waals surface area contributed by atoms with E-state index in [2.05, 4.69) is 51.3 Å². The molecule has 0 fully saturated rings. The molecule has 0 aliphatic rings. The van der Waals surface area contributed by atoms with Crippen LogP contribution in [0.4, 0.5) is 0 Å². The number of fused-ring (bicyclic) bond motifs is 1. The fourth-order valence-electron chi connectivity index (χ4n) is 3.40. The van der Waals surface area contributed by atoms with Crippen LogP contribution < -0.4 is 5.43 Å². The van der Waals surface area contributed by atoms with Crippen LogP contribution >= 0.6 is 0 Å². The summed E-state index contributed by atoms with van der Waals surface area (Å²) in [6.07, 6.45) is 5.23. The number of pyridine rings is 1. The third-order valence-corrected chi connectivity index (χ3v) is 4.68. The zero-order chi connectivity index (χ0) is 19.3. The average molecular weight is 368 g/mol. The summed E-state index contributed by atoms with van der Waals surface area (Å²) >= 11 is 0. The van der Waals surface area contributed by atoms with Crippen LogP contribution in [0.25, 0.3) is 16.6 Å². The Morgan fingerprint density at radius 1 is 1.07 bits per heavy atom. The molecule has 28 heavy (non-hydrogen) atoms. The Bertz CT molecular complexity index is 1130. The molecule has 4 rings (SSSR count). The summed E-state index contributed by atoms with van der Waals surface area (Å²) in [7, 11) is 0. The van der Waals surface area contributed by atoms with Crippen LogP contribution in [0.2, 0.25) is 0 Å². The van der Waals surface area contributed by atoms with Gasteiger partial charge in [0.1, 0.15) is 0 Å². The van der Waals surface area contributed by atoms with Gasteiger partial charge in [0.15, 0.2) is 0 Å². The second-order valence-electron chi connectivity index (χ2n) is 6.51. The normalized spacial score (nSPS) is 11.2. The highest BCUT2D eigenvalue weighted by atomic mass is 16.2. The summed E-state index contributed by atoms with van der Waals surface area (Å²) in [5.41, 5.74) is 7.68. The van der Waals surface area contributed by atoms with E-state index >= 15 is 0 Å². The van der Waals surface area contributed by atoms with E-state index in [-0.39, 0.29) is 12.3 Å². The lowest BCUT2D eigenvalue weighted by atomic mass is 10.1. The Morgan fingerprint density at radius 3 is 2.64 bits per heavy atom. The zero-order valence-electron chi connectivity index (χ0n) is 15.5. The Hall–Kier alpha value is -3.73. The van der Waals surface area contributed by atoms with E-state index in [0.29, 0.717) is 0 Å². The molecular formula is C23H20N4O. The first-order valence-corrected chi connectivity index (χ1v) is 9.10. The quantitative estimate of drug-likeness (QED) is 0.427. The highest BCUT2D eigenvalue weighted by Crippen LogP contribution is 2.29. The number of aromatic nitrogens is 2. The molecule has 0 atom stereocenters. The SMILES string of the molecule is Cc1c(CC(=O)NN=Cc2cccnc2)c2ccccc2n1-c1ccccc1. The van der Waals surface area contributed by atoms with Crippen molar-refractivity contribution in [3.8, 4) is 5.69 Å². The van der Waals surface area contributed by atoms with Crippen molar-refractivity contribution in [2.24, 2.45) is 5.10 Å². The maximum atomic E-state index is 12.5. The van der Waals surface area contributed by atoms with E-state index in [1.165, 1.54) is 0 Å². The van der Waals surface area contributed by atoms with Gasteiger partial charge >= 0.3 is 0 Å². The van der Waals surface area contributed by atoms with Gasteiger partial charge in [-0.05, 0) is 36.8 Å². The van der Waals surface area contributed by atoms with Crippen molar-refractivity contribution in [3.63, 3.8) is 0 Å². The highest BCUT2D eigenvalue weighted by molar-refractivity contribution is 5.92. The molecule has 0 unspecified atom stereocenters. The Labute approximate surface area is 163 Å². The monoisotopic (exact) mass is 368 g/mol. The predicted molar refractivity (Wildman–Crippen MR) is 112 cm³/mol. The molecule has 4 aromatic rings. The number of hydrazone groups is 1. The average Bonchev–Trinajstić information content (AvgIpc) is 3.01. The largest absolute Gasteiger partial charge is 0.314 e. The van der Waals surface area contributed by atoms with Crippen LogP contribution in [0.5, 0.6) is 0 Å². The maximum Gasteiger partial charge on any atom is 0.244 e. The van der Waals surface area contributed by atoms with E-state index in [1.54, 1.807) is 18.6 Å². The molecule has 0 saturated heterocycles. The standard InChI is InChI=1S/C23H20N4O/c1-17-21(14-23(28)26-25-16-18-8-7-13-24-15-18)20-11-5-6-12-22(20)27(17)19-9-3-2-4-10-19/h2-13,15-16H,14H2,1H3,(H,26,28). The molecule has 0 bridgehead atoms. The van der Waals surface area contributed by atoms with Crippen molar-refractivity contribution in [2.75, 3.05) is 0 Å². The number of hydrogen-bond acceptors (Lipinski definition) is 3. The number of benzene rings is 2. The van der Waals surface area contributed by atoms with Crippen LogP contribution in [0.1, 0.15) is 16.8 Å². The van der Waals surface area contributed by atoms with Crippen molar-refractivity contribution in [3.05, 3.63) is 95.9 Å². The minimum Gasteiger partial charge on any atom is -0.314 e. The molecule has 0 radical (unpaired) electrons. The number of rotatable bonds is 5. The van der Waals surface area contributed by atoms with Gasteiger partial charge in [0.2, 0.25) is 5.91 Å². The second-order valence-corrected chi connectivity index (χ2v) is 6.51. The molecular weight excluding hydrogens is 348 g/mol. The summed E-state index contributed by atoms with van der Waals surface area (Å²) in [5, 5.41) is 5.12. The summed E-state index contributed by atoms with van der Waals surface area (Å²) in [6.45, 7) is 2.05. The molecule has 0 saturated carbocycles. The lowest BCUT2D eigenvalue weighted by Crippen LogP contribution is -2.20. The van der Waals surface area contributed by atoms with Crippen molar-refractivity contribution < 1.29 is 4.79 Å². The number of nitrogens with one attached hydrogen (secondary N) is 1. The van der Waals surface area contributed by atoms with E-state index < -0.39 is 0 Å². The van der Waals surface area contributed by atoms with Crippen LogP contribution in [-0.2, 0) is 11.2 Å². The first-order valence-electron chi connectivity index (χ1n) is 9.10. The molecule has 0 spiro atoms. The Balaban J connectivity index is 1.61. The van der Waals surface area contributed by atoms with Crippen molar-refractivity contribution in [2.45, 2.75) is 13.3 Å². The molecule has 1 N–H and O–H groups in total. The molecule has 1 amide bonds. The smallest absolute Gasteiger partial charge is 0.244 e. The van der Waals surface area contributed by atoms with E-state index in [4.69, 9.17) is 0 Å². The number of para-hydroxylation sites is 2. The van der Waals surface area contributed by atoms with Crippen LogP contribution in [0.15, 0.2) is 84.2 Å². The van der Waals surface area contributed by atoms with Crippen molar-refractivity contribution >= 4 is 23.0 Å². The van der Waals surface area contributed by atoms with E-state index in [1.807, 2.05) is 42.5 Å². The van der Waals surface area contributed by atoms with Crippen molar-refractivity contribution in [1.29, 1.82) is 0 Å². The van der Waals surface area contributed by atoms with Crippen molar-refractivity contribution in [1.82, 2.24) is 15.0 Å². The molecule has 138 valence electrons. The third kappa shape index (κ3) is 3.55. The summed E-state index contributed by atoms with van der Waals surface area (Å²) in [4.78, 5) is 16.5. The molecule has 5 heteroatoms. The first kappa shape index (κ1) is 17.7. The maximum absolute atomic E-state index is 12.5. The van der Waals surface area contributed by atoms with Gasteiger partial charge in [-0.25, -0.2) is 5.43 Å². The number of nitrogens with zero attached hydrogens (tertiary/aromatic N) is 3. The van der Waals surface area contributed by atoms with Crippen LogP contribution in [0, 0.1) is 6.92 Å². The van der Waals surface area contributed by atoms with Gasteiger partial charge in [0, 0.05) is 34.7 Å². The molecule has 2 aromatic carbocycles. The van der Waals surface area contributed by atoms with Gasteiger partial charge in [-0.3, -0.25) is 9.78 Å². The minimum absolute atomic E-state index is 0.154. The van der Waals surface area contributed by atoms with E-state index in [9.17, 15) is 4.79 Å². The lowest BCUT2D eigenvalue weighted by Gasteiger charge is -2.08. The zero-order valence-corrected chi connectivity index (χ0v) is 15.5. The lowest BCUT2D eigenvalue weighted by molar-refractivity contribution is -0.120. The first-order chi connectivity index (χ1) is 13.7. The molecule has 2 aromatic heterocycles. The number of carbonyl (C=O) groups is 1. The molecule has 2 heterocycles. The number of amides is 1. The van der Waals surface area contributed by atoms with Crippen LogP contribution in [-0.4, -0.2) is 21.7 Å². The summed E-state index contributed by atoms with van der Waals surface area (Å²) in [5.74, 6) is -0.154. The Morgan fingerprint density at radius 2 is 1.86 bits per heavy atom. The van der Waals surface area contributed by atoms with Gasteiger partial charge in [-0.2, -0.15) is 5.10 Å². The molecule has 0 aliphatic heterocycles. The van der Waals surface area contributed by atoms with Gasteiger partial charge in [0.25, 0.3) is 0 Å². The van der Waals surface area contributed by atoms with Gasteiger partial charge in [-0.15, -0.1) is 0 Å². The summed E-state index contributed by atoms with van der Waals surface area (Å²) < 4.78 is 2.19. The topological polar surface area (TPSA) is 59.3 Å². The Kier molecular flexibility index (Phi) is 4.97. The minimum atomic E-state index is -0.154. The predicted octanol–water partition coefficient (Wildman–Crippen LogP) is 4.03. The molecule has 5 nitrogen and oxygen atoms in total. The van der Waals surface area contributed by atoms with Gasteiger partial charge < -0.3 is 4.57 Å². The fourth-order valence-corrected chi connectivity index (χ4v) is 3.40. The second kappa shape index (κ2) is 7.88. The number of hydrogen-bond donors (Lipinski definition) is 1. The van der Waals surface area contributed by atoms with E-state index in [0.717, 1.165) is 33.4 Å². The third-order valence-electron chi connectivity index (χ3n) is 4.68. The van der Waals surface area contributed by atoms with Gasteiger partial charge in [0.05, 0.1) is 18.2 Å².